The van der Waals surface area contributed by atoms with Crippen molar-refractivity contribution in [2.45, 2.75) is 79.4 Å². The van der Waals surface area contributed by atoms with Gasteiger partial charge in [0.05, 0.1) is 12.3 Å². The van der Waals surface area contributed by atoms with Gasteiger partial charge in [0.1, 0.15) is 11.9 Å². The summed E-state index contributed by atoms with van der Waals surface area (Å²) in [4.78, 5) is 9.49. The van der Waals surface area contributed by atoms with Crippen molar-refractivity contribution in [3.05, 3.63) is 24.0 Å². The standard InChI is InChI=1S/C18H29N3O2.3C2H6/c1-20-8-10-21(11-9-20)7-3-4-15-5-6-16(14-19-15)23-18-12-17(13-18)22-2;3*1-2/h5-6,14,17-18H,3-4,7-13H2,1-2H3;3*1-2H3. The van der Waals surface area contributed by atoms with E-state index in [1.54, 1.807) is 7.11 Å². The van der Waals surface area contributed by atoms with Crippen LogP contribution in [-0.2, 0) is 11.2 Å². The van der Waals surface area contributed by atoms with E-state index in [2.05, 4.69) is 34.0 Å². The van der Waals surface area contributed by atoms with Gasteiger partial charge in [-0.15, -0.1) is 0 Å². The van der Waals surface area contributed by atoms with E-state index in [4.69, 9.17) is 9.47 Å². The normalized spacial score (nSPS) is 21.2. The Morgan fingerprint density at radius 1 is 0.931 bits per heavy atom. The van der Waals surface area contributed by atoms with Crippen LogP contribution >= 0.6 is 0 Å². The number of nitrogens with zero attached hydrogens (tertiary/aromatic N) is 3. The molecule has 1 saturated heterocycles. The summed E-state index contributed by atoms with van der Waals surface area (Å²) in [6.07, 6.45) is 6.74. The molecule has 0 spiro atoms. The van der Waals surface area contributed by atoms with Crippen molar-refractivity contribution in [2.24, 2.45) is 0 Å². The van der Waals surface area contributed by atoms with Crippen LogP contribution < -0.4 is 4.74 Å². The van der Waals surface area contributed by atoms with Crippen LogP contribution in [0, 0.1) is 0 Å². The van der Waals surface area contributed by atoms with Gasteiger partial charge in [-0.25, -0.2) is 0 Å². The quantitative estimate of drug-likeness (QED) is 0.640. The first-order valence-corrected chi connectivity index (χ1v) is 11.8. The molecule has 0 amide bonds. The van der Waals surface area contributed by atoms with Crippen LogP contribution in [-0.4, -0.2) is 73.9 Å². The maximum Gasteiger partial charge on any atom is 0.138 e. The molecule has 170 valence electrons. The maximum atomic E-state index is 5.89. The van der Waals surface area contributed by atoms with E-state index in [0.29, 0.717) is 12.2 Å². The predicted octanol–water partition coefficient (Wildman–Crippen LogP) is 4.90. The van der Waals surface area contributed by atoms with Crippen LogP contribution in [0.5, 0.6) is 5.75 Å². The average Bonchev–Trinajstić information content (AvgIpc) is 2.77. The third kappa shape index (κ3) is 11.0. The lowest BCUT2D eigenvalue weighted by molar-refractivity contribution is -0.0382. The van der Waals surface area contributed by atoms with E-state index in [1.165, 1.54) is 39.1 Å². The van der Waals surface area contributed by atoms with Gasteiger partial charge in [-0.2, -0.15) is 0 Å². The third-order valence-electron chi connectivity index (χ3n) is 4.99. The number of pyridine rings is 1. The summed E-state index contributed by atoms with van der Waals surface area (Å²) >= 11 is 0. The molecular formula is C24H47N3O2. The van der Waals surface area contributed by atoms with Crippen molar-refractivity contribution < 1.29 is 9.47 Å². The number of hydrogen-bond acceptors (Lipinski definition) is 5. The summed E-state index contributed by atoms with van der Waals surface area (Å²) in [7, 11) is 3.96. The zero-order valence-corrected chi connectivity index (χ0v) is 20.4. The van der Waals surface area contributed by atoms with Gasteiger partial charge in [0.25, 0.3) is 0 Å². The fourth-order valence-electron chi connectivity index (χ4n) is 3.18. The highest BCUT2D eigenvalue weighted by atomic mass is 16.5. The minimum atomic E-state index is 0.296. The monoisotopic (exact) mass is 409 g/mol. The van der Waals surface area contributed by atoms with Crippen molar-refractivity contribution in [1.82, 2.24) is 14.8 Å². The number of aryl methyl sites for hydroxylation is 1. The molecule has 5 heteroatoms. The lowest BCUT2D eigenvalue weighted by Gasteiger charge is -2.34. The summed E-state index contributed by atoms with van der Waals surface area (Å²) in [6, 6.07) is 4.16. The summed E-state index contributed by atoms with van der Waals surface area (Å²) in [5.74, 6) is 0.882. The van der Waals surface area contributed by atoms with Gasteiger partial charge in [-0.3, -0.25) is 4.98 Å². The molecule has 0 unspecified atom stereocenters. The topological polar surface area (TPSA) is 37.8 Å². The lowest BCUT2D eigenvalue weighted by Crippen LogP contribution is -2.44. The number of aromatic nitrogens is 1. The highest BCUT2D eigenvalue weighted by Gasteiger charge is 2.30. The highest BCUT2D eigenvalue weighted by molar-refractivity contribution is 5.20. The van der Waals surface area contributed by atoms with Crippen LogP contribution in [0.1, 0.15) is 66.5 Å². The fourth-order valence-corrected chi connectivity index (χ4v) is 3.18. The Bertz CT molecular complexity index is 468. The molecule has 3 rings (SSSR count). The second kappa shape index (κ2) is 17.7. The molecule has 1 aliphatic carbocycles. The number of ether oxygens (including phenoxy) is 2. The molecule has 0 bridgehead atoms. The highest BCUT2D eigenvalue weighted by Crippen LogP contribution is 2.27. The van der Waals surface area contributed by atoms with Crippen molar-refractivity contribution in [3.8, 4) is 5.75 Å². The molecule has 0 radical (unpaired) electrons. The molecule has 1 aliphatic heterocycles. The fraction of sp³-hybridized carbons (Fsp3) is 0.792. The zero-order valence-electron chi connectivity index (χ0n) is 20.4. The molecule has 5 nitrogen and oxygen atoms in total. The van der Waals surface area contributed by atoms with Crippen LogP contribution in [0.2, 0.25) is 0 Å². The Balaban J connectivity index is 0.00000120. The molecule has 1 aromatic rings. The van der Waals surface area contributed by atoms with Gasteiger partial charge in [0, 0.05) is 51.8 Å². The van der Waals surface area contributed by atoms with E-state index in [0.717, 1.165) is 30.7 Å². The maximum absolute atomic E-state index is 5.89. The molecule has 0 atom stereocenters. The Kier molecular flexibility index (Phi) is 17.0. The first-order chi connectivity index (χ1) is 14.2. The molecule has 1 saturated carbocycles. The average molecular weight is 410 g/mol. The van der Waals surface area contributed by atoms with Crippen molar-refractivity contribution in [2.75, 3.05) is 46.9 Å². The Morgan fingerprint density at radius 3 is 2.07 bits per heavy atom. The van der Waals surface area contributed by atoms with Crippen molar-refractivity contribution in [3.63, 3.8) is 0 Å². The lowest BCUT2D eigenvalue weighted by atomic mass is 9.92. The molecule has 2 aliphatic rings. The number of rotatable bonds is 7. The molecular weight excluding hydrogens is 362 g/mol. The smallest absolute Gasteiger partial charge is 0.138 e. The van der Waals surface area contributed by atoms with E-state index in [-0.39, 0.29) is 0 Å². The molecule has 1 aromatic heterocycles. The summed E-state index contributed by atoms with van der Waals surface area (Å²) < 4.78 is 11.2. The first kappa shape index (κ1) is 27.8. The Labute approximate surface area is 180 Å². The van der Waals surface area contributed by atoms with Gasteiger partial charge in [0.15, 0.2) is 0 Å². The van der Waals surface area contributed by atoms with E-state index < -0.39 is 0 Å². The molecule has 29 heavy (non-hydrogen) atoms. The van der Waals surface area contributed by atoms with E-state index in [9.17, 15) is 0 Å². The Morgan fingerprint density at radius 2 is 1.55 bits per heavy atom. The SMILES string of the molecule is CC.CC.CC.COC1CC(Oc2ccc(CCCN3CCN(C)CC3)nc2)C1. The van der Waals surface area contributed by atoms with Gasteiger partial charge in [0.2, 0.25) is 0 Å². The number of likely N-dealkylation sites (N-methyl/N-ethyl adjacent to an activating group) is 1. The van der Waals surface area contributed by atoms with Gasteiger partial charge in [-0.1, -0.05) is 41.5 Å². The molecule has 2 heterocycles. The van der Waals surface area contributed by atoms with Gasteiger partial charge in [-0.05, 0) is 38.6 Å². The van der Waals surface area contributed by atoms with Crippen molar-refractivity contribution in [1.29, 1.82) is 0 Å². The predicted molar refractivity (Wildman–Crippen MR) is 125 cm³/mol. The van der Waals surface area contributed by atoms with Crippen LogP contribution in [0.3, 0.4) is 0 Å². The second-order valence-corrected chi connectivity index (χ2v) is 6.80. The van der Waals surface area contributed by atoms with Crippen LogP contribution in [0.25, 0.3) is 0 Å². The number of hydrogen-bond donors (Lipinski definition) is 0. The number of methoxy groups -OCH3 is 1. The van der Waals surface area contributed by atoms with Gasteiger partial charge < -0.3 is 19.3 Å². The summed E-state index contributed by atoms with van der Waals surface area (Å²) in [5.41, 5.74) is 1.16. The van der Waals surface area contributed by atoms with Gasteiger partial charge >= 0.3 is 0 Å². The third-order valence-corrected chi connectivity index (χ3v) is 4.99. The zero-order chi connectivity index (χ0) is 22.1. The molecule has 0 aromatic carbocycles. The number of piperazine rings is 1. The van der Waals surface area contributed by atoms with Crippen molar-refractivity contribution >= 4 is 0 Å². The largest absolute Gasteiger partial charge is 0.489 e. The first-order valence-electron chi connectivity index (χ1n) is 11.8. The van der Waals surface area contributed by atoms with E-state index >= 15 is 0 Å². The molecule has 0 N–H and O–H groups in total. The summed E-state index contributed by atoms with van der Waals surface area (Å²) in [6.45, 7) is 17.9. The van der Waals surface area contributed by atoms with E-state index in [1.807, 2.05) is 47.7 Å². The minimum absolute atomic E-state index is 0.296. The van der Waals surface area contributed by atoms with Crippen LogP contribution in [0.15, 0.2) is 18.3 Å². The minimum Gasteiger partial charge on any atom is -0.489 e. The Hall–Kier alpha value is -1.17. The van der Waals surface area contributed by atoms with Crippen LogP contribution in [0.4, 0.5) is 0 Å². The summed E-state index contributed by atoms with van der Waals surface area (Å²) in [5, 5.41) is 0. The second-order valence-electron chi connectivity index (χ2n) is 6.80. The molecule has 2 fully saturated rings.